The van der Waals surface area contributed by atoms with Crippen LogP contribution in [0, 0.1) is 5.41 Å². The fraction of sp³-hybridized carbons (Fsp3) is 0.947. The molecule has 0 aromatic rings. The Morgan fingerprint density at radius 3 is 2.21 bits per heavy atom. The number of unbranched alkanes of at least 4 members (excludes halogenated alkanes) is 1. The second-order valence-electron chi connectivity index (χ2n) is 9.10. The molecule has 1 saturated carbocycles. The molecule has 0 aromatic heterocycles. The van der Waals surface area contributed by atoms with Crippen molar-refractivity contribution in [3.8, 4) is 0 Å². The Hall–Kier alpha value is -0.650. The SMILES string of the molecule is CCCCC1(C)OC2CC(OC(=O)C(C)(C)CC(C)(C)N)CC2O1. The third-order valence-corrected chi connectivity index (χ3v) is 4.91. The van der Waals surface area contributed by atoms with Gasteiger partial charge in [0.05, 0.1) is 17.6 Å². The lowest BCUT2D eigenvalue weighted by Gasteiger charge is -2.31. The molecule has 140 valence electrons. The first-order chi connectivity index (χ1) is 10.9. The first kappa shape index (κ1) is 19.7. The van der Waals surface area contributed by atoms with Gasteiger partial charge in [0.2, 0.25) is 0 Å². The van der Waals surface area contributed by atoms with Gasteiger partial charge in [-0.1, -0.05) is 13.3 Å². The Balaban J connectivity index is 1.85. The van der Waals surface area contributed by atoms with E-state index in [0.29, 0.717) is 6.42 Å². The Labute approximate surface area is 146 Å². The highest BCUT2D eigenvalue weighted by molar-refractivity contribution is 5.76. The van der Waals surface area contributed by atoms with Gasteiger partial charge in [0, 0.05) is 24.8 Å². The van der Waals surface area contributed by atoms with E-state index in [1.54, 1.807) is 0 Å². The third-order valence-electron chi connectivity index (χ3n) is 4.91. The normalized spacial score (nSPS) is 33.5. The minimum Gasteiger partial charge on any atom is -0.462 e. The summed E-state index contributed by atoms with van der Waals surface area (Å²) in [6.07, 6.45) is 5.13. The lowest BCUT2D eigenvalue weighted by molar-refractivity contribution is -0.182. The van der Waals surface area contributed by atoms with Gasteiger partial charge in [0.25, 0.3) is 0 Å². The fourth-order valence-corrected chi connectivity index (χ4v) is 4.07. The number of esters is 1. The van der Waals surface area contributed by atoms with E-state index in [-0.39, 0.29) is 24.3 Å². The van der Waals surface area contributed by atoms with Gasteiger partial charge in [-0.05, 0) is 47.5 Å². The van der Waals surface area contributed by atoms with Crippen molar-refractivity contribution in [1.82, 2.24) is 0 Å². The van der Waals surface area contributed by atoms with Gasteiger partial charge in [-0.25, -0.2) is 0 Å². The van der Waals surface area contributed by atoms with Gasteiger partial charge < -0.3 is 19.9 Å². The van der Waals surface area contributed by atoms with Crippen molar-refractivity contribution in [3.63, 3.8) is 0 Å². The summed E-state index contributed by atoms with van der Waals surface area (Å²) < 4.78 is 18.0. The van der Waals surface area contributed by atoms with Gasteiger partial charge in [-0.15, -0.1) is 0 Å². The zero-order valence-electron chi connectivity index (χ0n) is 16.2. The number of fused-ring (bicyclic) bond motifs is 1. The van der Waals surface area contributed by atoms with E-state index < -0.39 is 16.7 Å². The van der Waals surface area contributed by atoms with E-state index in [9.17, 15) is 4.79 Å². The molecule has 0 amide bonds. The quantitative estimate of drug-likeness (QED) is 0.717. The van der Waals surface area contributed by atoms with E-state index in [2.05, 4.69) is 6.92 Å². The molecular formula is C19H35NO4. The largest absolute Gasteiger partial charge is 0.462 e. The zero-order valence-corrected chi connectivity index (χ0v) is 16.2. The lowest BCUT2D eigenvalue weighted by atomic mass is 9.80. The molecule has 1 aliphatic carbocycles. The molecule has 0 aromatic carbocycles. The maximum atomic E-state index is 12.5. The van der Waals surface area contributed by atoms with Gasteiger partial charge in [-0.2, -0.15) is 0 Å². The molecule has 2 atom stereocenters. The third kappa shape index (κ3) is 4.93. The average Bonchev–Trinajstić information content (AvgIpc) is 2.88. The summed E-state index contributed by atoms with van der Waals surface area (Å²) in [5.74, 6) is -0.650. The molecule has 2 rings (SSSR count). The maximum absolute atomic E-state index is 12.5. The van der Waals surface area contributed by atoms with Crippen molar-refractivity contribution in [2.45, 2.75) is 110 Å². The topological polar surface area (TPSA) is 70.8 Å². The van der Waals surface area contributed by atoms with E-state index >= 15 is 0 Å². The van der Waals surface area contributed by atoms with Crippen LogP contribution in [0.25, 0.3) is 0 Å². The minimum absolute atomic E-state index is 0.0405. The van der Waals surface area contributed by atoms with Crippen LogP contribution >= 0.6 is 0 Å². The second kappa shape index (κ2) is 6.93. The number of ether oxygens (including phenoxy) is 3. The van der Waals surface area contributed by atoms with Gasteiger partial charge in [0.15, 0.2) is 5.79 Å². The molecule has 5 nitrogen and oxygen atoms in total. The number of hydrogen-bond acceptors (Lipinski definition) is 5. The van der Waals surface area contributed by atoms with E-state index in [1.807, 2.05) is 34.6 Å². The molecule has 2 N–H and O–H groups in total. The van der Waals surface area contributed by atoms with Crippen LogP contribution in [0.1, 0.15) is 80.1 Å². The minimum atomic E-state index is -0.590. The summed E-state index contributed by atoms with van der Waals surface area (Å²) in [6, 6.07) is 0. The van der Waals surface area contributed by atoms with E-state index in [4.69, 9.17) is 19.9 Å². The molecule has 2 aliphatic rings. The van der Waals surface area contributed by atoms with Crippen molar-refractivity contribution in [2.24, 2.45) is 11.1 Å². The predicted octanol–water partition coefficient (Wildman–Crippen LogP) is 3.54. The molecule has 1 aliphatic heterocycles. The standard InChI is InChI=1S/C19H35NO4/c1-7-8-9-19(6)23-14-10-13(11-15(14)24-19)22-16(21)17(2,3)12-18(4,5)20/h13-15H,7-12,20H2,1-6H3. The number of carbonyl (C=O) groups is 1. The van der Waals surface area contributed by atoms with E-state index in [0.717, 1.165) is 32.1 Å². The highest BCUT2D eigenvalue weighted by atomic mass is 16.8. The Morgan fingerprint density at radius 1 is 1.21 bits per heavy atom. The van der Waals surface area contributed by atoms with Crippen LogP contribution in [-0.2, 0) is 19.0 Å². The van der Waals surface area contributed by atoms with Gasteiger partial charge >= 0.3 is 5.97 Å². The number of carbonyl (C=O) groups excluding carboxylic acids is 1. The summed E-state index contributed by atoms with van der Waals surface area (Å²) in [4.78, 5) is 12.5. The molecule has 0 bridgehead atoms. The molecule has 0 radical (unpaired) electrons. The maximum Gasteiger partial charge on any atom is 0.311 e. The van der Waals surface area contributed by atoms with Crippen molar-refractivity contribution < 1.29 is 19.0 Å². The van der Waals surface area contributed by atoms with Crippen molar-refractivity contribution in [2.75, 3.05) is 0 Å². The summed E-state index contributed by atoms with van der Waals surface area (Å²) in [5.41, 5.74) is 5.07. The van der Waals surface area contributed by atoms with Crippen LogP contribution in [0.15, 0.2) is 0 Å². The molecule has 5 heteroatoms. The first-order valence-electron chi connectivity index (χ1n) is 9.30. The van der Waals surface area contributed by atoms with Gasteiger partial charge in [-0.3, -0.25) is 4.79 Å². The molecule has 0 spiro atoms. The number of nitrogens with two attached hydrogens (primary N) is 1. The fourth-order valence-electron chi connectivity index (χ4n) is 4.07. The monoisotopic (exact) mass is 341 g/mol. The second-order valence-corrected chi connectivity index (χ2v) is 9.10. The van der Waals surface area contributed by atoms with Crippen molar-refractivity contribution in [1.29, 1.82) is 0 Å². The first-order valence-corrected chi connectivity index (χ1v) is 9.30. The highest BCUT2D eigenvalue weighted by Crippen LogP contribution is 2.42. The molecule has 2 fully saturated rings. The molecular weight excluding hydrogens is 306 g/mol. The van der Waals surface area contributed by atoms with E-state index in [1.165, 1.54) is 0 Å². The Kier molecular flexibility index (Phi) is 5.68. The van der Waals surface area contributed by atoms with Crippen LogP contribution in [0.4, 0.5) is 0 Å². The van der Waals surface area contributed by atoms with Crippen LogP contribution in [0.3, 0.4) is 0 Å². The van der Waals surface area contributed by atoms with Gasteiger partial charge in [0.1, 0.15) is 6.10 Å². The average molecular weight is 341 g/mol. The predicted molar refractivity (Wildman–Crippen MR) is 93.5 cm³/mol. The molecule has 1 heterocycles. The summed E-state index contributed by atoms with van der Waals surface area (Å²) >= 11 is 0. The Bertz CT molecular complexity index is 441. The molecule has 2 unspecified atom stereocenters. The highest BCUT2D eigenvalue weighted by Gasteiger charge is 2.50. The number of hydrogen-bond donors (Lipinski definition) is 1. The van der Waals surface area contributed by atoms with Crippen LogP contribution in [0.2, 0.25) is 0 Å². The van der Waals surface area contributed by atoms with Crippen molar-refractivity contribution >= 4 is 5.97 Å². The number of rotatable bonds is 7. The molecule has 24 heavy (non-hydrogen) atoms. The van der Waals surface area contributed by atoms with Crippen LogP contribution in [0.5, 0.6) is 0 Å². The van der Waals surface area contributed by atoms with Crippen molar-refractivity contribution in [3.05, 3.63) is 0 Å². The smallest absolute Gasteiger partial charge is 0.311 e. The Morgan fingerprint density at radius 2 is 1.75 bits per heavy atom. The van der Waals surface area contributed by atoms with Crippen LogP contribution in [-0.4, -0.2) is 35.6 Å². The summed E-state index contributed by atoms with van der Waals surface area (Å²) in [7, 11) is 0. The van der Waals surface area contributed by atoms with Crippen LogP contribution < -0.4 is 5.73 Å². The molecule has 1 saturated heterocycles. The lowest BCUT2D eigenvalue weighted by Crippen LogP contribution is -2.42. The summed E-state index contributed by atoms with van der Waals surface area (Å²) in [6.45, 7) is 11.8. The summed E-state index contributed by atoms with van der Waals surface area (Å²) in [5, 5.41) is 0. The zero-order chi connectivity index (χ0) is 18.2.